The van der Waals surface area contributed by atoms with Gasteiger partial charge in [0.05, 0.1) is 17.5 Å². The van der Waals surface area contributed by atoms with E-state index in [1.54, 1.807) is 30.5 Å². The number of sulfonamides is 1. The van der Waals surface area contributed by atoms with Crippen molar-refractivity contribution in [2.75, 3.05) is 21.6 Å². The average Bonchev–Trinajstić information content (AvgIpc) is 3.12. The highest BCUT2D eigenvalue weighted by Crippen LogP contribution is 2.24. The number of carbonyl (C=O) groups is 2. The molecule has 2 amide bonds. The lowest BCUT2D eigenvalue weighted by Crippen LogP contribution is -2.18. The molecule has 0 spiro atoms. The van der Waals surface area contributed by atoms with Gasteiger partial charge in [-0.25, -0.2) is 13.4 Å². The number of imidazole rings is 1. The van der Waals surface area contributed by atoms with Crippen LogP contribution in [0.3, 0.4) is 0 Å². The van der Waals surface area contributed by atoms with E-state index in [1.807, 2.05) is 17.8 Å². The van der Waals surface area contributed by atoms with E-state index in [4.69, 9.17) is 4.74 Å². The smallest absolute Gasteiger partial charge is 0.257 e. The third-order valence-electron chi connectivity index (χ3n) is 4.28. The molecule has 0 saturated carbocycles. The summed E-state index contributed by atoms with van der Waals surface area (Å²) in [5, 5.41) is 5.28. The second-order valence-electron chi connectivity index (χ2n) is 7.04. The fourth-order valence-electron chi connectivity index (χ4n) is 2.82. The van der Waals surface area contributed by atoms with E-state index < -0.39 is 15.9 Å². The van der Waals surface area contributed by atoms with E-state index in [0.29, 0.717) is 23.7 Å². The zero-order chi connectivity index (χ0) is 23.3. The van der Waals surface area contributed by atoms with Gasteiger partial charge in [0.1, 0.15) is 18.2 Å². The summed E-state index contributed by atoms with van der Waals surface area (Å²) in [7, 11) is -1.74. The van der Waals surface area contributed by atoms with Crippen LogP contribution >= 0.6 is 0 Å². The van der Waals surface area contributed by atoms with Crippen molar-refractivity contribution < 1.29 is 22.7 Å². The first-order valence-electron chi connectivity index (χ1n) is 9.50. The number of nitrogens with one attached hydrogen (secondary N) is 3. The Morgan fingerprint density at radius 1 is 1.06 bits per heavy atom. The Morgan fingerprint density at radius 3 is 2.34 bits per heavy atom. The molecule has 0 aliphatic carbocycles. The summed E-state index contributed by atoms with van der Waals surface area (Å²) in [6.07, 6.45) is 4.50. The van der Waals surface area contributed by atoms with E-state index in [1.165, 1.54) is 25.1 Å². The van der Waals surface area contributed by atoms with Gasteiger partial charge in [-0.15, -0.1) is 0 Å². The predicted octanol–water partition coefficient (Wildman–Crippen LogP) is 2.58. The number of carbonyl (C=O) groups excluding carboxylic acids is 2. The monoisotopic (exact) mass is 457 g/mol. The number of aromatic nitrogens is 2. The van der Waals surface area contributed by atoms with Gasteiger partial charge in [0.2, 0.25) is 15.9 Å². The zero-order valence-corrected chi connectivity index (χ0v) is 18.6. The third-order valence-corrected chi connectivity index (χ3v) is 4.87. The van der Waals surface area contributed by atoms with Crippen molar-refractivity contribution in [3.63, 3.8) is 0 Å². The van der Waals surface area contributed by atoms with Crippen LogP contribution < -0.4 is 20.1 Å². The Morgan fingerprint density at radius 2 is 1.75 bits per heavy atom. The van der Waals surface area contributed by atoms with Gasteiger partial charge >= 0.3 is 0 Å². The maximum atomic E-state index is 12.9. The van der Waals surface area contributed by atoms with Gasteiger partial charge in [-0.1, -0.05) is 0 Å². The van der Waals surface area contributed by atoms with Crippen molar-refractivity contribution in [2.45, 2.75) is 13.5 Å². The minimum absolute atomic E-state index is 0.0526. The standard InChI is InChI=1S/C21H23N5O5S/c1-14(27)23-16-6-9-19(25-32(3,29)30)18(12-16)21(28)24-15-4-7-17(8-5-15)31-13-20-22-10-11-26(20)2/h4-12,25H,13H2,1-3H3,(H,23,27)(H,24,28). The molecule has 10 nitrogen and oxygen atoms in total. The summed E-state index contributed by atoms with van der Waals surface area (Å²) in [6, 6.07) is 11.0. The zero-order valence-electron chi connectivity index (χ0n) is 17.7. The minimum atomic E-state index is -3.62. The molecule has 0 bridgehead atoms. The number of aryl methyl sites for hydroxylation is 1. The molecule has 0 unspecified atom stereocenters. The third kappa shape index (κ3) is 6.32. The van der Waals surface area contributed by atoms with Gasteiger partial charge < -0.3 is 19.9 Å². The highest BCUT2D eigenvalue weighted by Gasteiger charge is 2.16. The largest absolute Gasteiger partial charge is 0.486 e. The molecule has 0 aliphatic heterocycles. The first-order chi connectivity index (χ1) is 15.1. The summed E-state index contributed by atoms with van der Waals surface area (Å²) < 4.78 is 33.2. The molecule has 0 saturated heterocycles. The van der Waals surface area contributed by atoms with Gasteiger partial charge in [0, 0.05) is 37.7 Å². The first-order valence-corrected chi connectivity index (χ1v) is 11.4. The van der Waals surface area contributed by atoms with Crippen LogP contribution in [0.5, 0.6) is 5.75 Å². The van der Waals surface area contributed by atoms with Crippen molar-refractivity contribution in [3.8, 4) is 5.75 Å². The summed E-state index contributed by atoms with van der Waals surface area (Å²) in [5.74, 6) is 0.497. The molecule has 1 aromatic heterocycles. The normalized spacial score (nSPS) is 11.0. The number of anilines is 3. The van der Waals surface area contributed by atoms with Crippen LogP contribution in [0.4, 0.5) is 17.1 Å². The molecule has 3 rings (SSSR count). The van der Waals surface area contributed by atoms with Crippen LogP contribution in [0.15, 0.2) is 54.9 Å². The predicted molar refractivity (Wildman–Crippen MR) is 121 cm³/mol. The van der Waals surface area contributed by atoms with Crippen LogP contribution in [0.1, 0.15) is 23.1 Å². The average molecular weight is 458 g/mol. The van der Waals surface area contributed by atoms with Crippen LogP contribution in [0.2, 0.25) is 0 Å². The fraction of sp³-hybridized carbons (Fsp3) is 0.190. The molecular weight excluding hydrogens is 434 g/mol. The molecule has 1 heterocycles. The van der Waals surface area contributed by atoms with E-state index in [0.717, 1.165) is 12.1 Å². The summed E-state index contributed by atoms with van der Waals surface area (Å²) in [4.78, 5) is 28.4. The number of rotatable bonds is 8. The summed E-state index contributed by atoms with van der Waals surface area (Å²) in [6.45, 7) is 1.63. The molecule has 168 valence electrons. The number of benzene rings is 2. The van der Waals surface area contributed by atoms with Crippen LogP contribution in [0.25, 0.3) is 0 Å². The van der Waals surface area contributed by atoms with Gasteiger partial charge in [-0.2, -0.15) is 0 Å². The molecule has 3 N–H and O–H groups in total. The Bertz CT molecular complexity index is 1240. The Kier molecular flexibility index (Phi) is 6.79. The lowest BCUT2D eigenvalue weighted by molar-refractivity contribution is -0.114. The Labute approximate surface area is 185 Å². The van der Waals surface area contributed by atoms with Gasteiger partial charge in [-0.3, -0.25) is 14.3 Å². The van der Waals surface area contributed by atoms with Crippen molar-refractivity contribution in [1.82, 2.24) is 9.55 Å². The second-order valence-corrected chi connectivity index (χ2v) is 8.79. The molecule has 11 heteroatoms. The van der Waals surface area contributed by atoms with Crippen LogP contribution in [-0.2, 0) is 28.5 Å². The lowest BCUT2D eigenvalue weighted by Gasteiger charge is -2.13. The van der Waals surface area contributed by atoms with Crippen LogP contribution in [0, 0.1) is 0 Å². The highest BCUT2D eigenvalue weighted by atomic mass is 32.2. The van der Waals surface area contributed by atoms with Gasteiger partial charge in [0.15, 0.2) is 0 Å². The van der Waals surface area contributed by atoms with E-state index in [-0.39, 0.29) is 17.2 Å². The number of hydrogen-bond acceptors (Lipinski definition) is 6. The SMILES string of the molecule is CC(=O)Nc1ccc(NS(C)(=O)=O)c(C(=O)Nc2ccc(OCc3nccn3C)cc2)c1. The molecule has 3 aromatic rings. The molecule has 0 aliphatic rings. The Hall–Kier alpha value is -3.86. The van der Waals surface area contributed by atoms with Crippen molar-refractivity contribution >= 4 is 38.9 Å². The quantitative estimate of drug-likeness (QED) is 0.476. The summed E-state index contributed by atoms with van der Waals surface area (Å²) >= 11 is 0. The second kappa shape index (κ2) is 9.52. The maximum absolute atomic E-state index is 12.9. The molecule has 2 aromatic carbocycles. The lowest BCUT2D eigenvalue weighted by atomic mass is 10.1. The fourth-order valence-corrected chi connectivity index (χ4v) is 3.40. The van der Waals surface area contributed by atoms with Gasteiger partial charge in [-0.05, 0) is 42.5 Å². The Balaban J connectivity index is 1.74. The van der Waals surface area contributed by atoms with Crippen molar-refractivity contribution in [1.29, 1.82) is 0 Å². The van der Waals surface area contributed by atoms with E-state index in [2.05, 4.69) is 20.3 Å². The topological polar surface area (TPSA) is 131 Å². The number of hydrogen-bond donors (Lipinski definition) is 3. The number of ether oxygens (including phenoxy) is 1. The van der Waals surface area contributed by atoms with Crippen molar-refractivity contribution in [3.05, 3.63) is 66.2 Å². The van der Waals surface area contributed by atoms with Crippen LogP contribution in [-0.4, -0.2) is 36.0 Å². The first kappa shape index (κ1) is 22.8. The summed E-state index contributed by atoms with van der Waals surface area (Å²) in [5.41, 5.74) is 0.986. The van der Waals surface area contributed by atoms with E-state index >= 15 is 0 Å². The molecular formula is C21H23N5O5S. The van der Waals surface area contributed by atoms with Crippen molar-refractivity contribution in [2.24, 2.45) is 7.05 Å². The minimum Gasteiger partial charge on any atom is -0.486 e. The highest BCUT2D eigenvalue weighted by molar-refractivity contribution is 7.92. The molecule has 0 atom stereocenters. The molecule has 32 heavy (non-hydrogen) atoms. The molecule has 0 fully saturated rings. The number of nitrogens with zero attached hydrogens (tertiary/aromatic N) is 2. The maximum Gasteiger partial charge on any atom is 0.257 e. The number of amides is 2. The van der Waals surface area contributed by atoms with E-state index in [9.17, 15) is 18.0 Å². The van der Waals surface area contributed by atoms with Gasteiger partial charge in [0.25, 0.3) is 5.91 Å². The molecule has 0 radical (unpaired) electrons.